The molecule has 0 aromatic rings. The van der Waals surface area contributed by atoms with Crippen LogP contribution in [0.3, 0.4) is 0 Å². The van der Waals surface area contributed by atoms with Crippen molar-refractivity contribution >= 4 is 11.9 Å². The third-order valence-electron chi connectivity index (χ3n) is 5.50. The molecule has 2 saturated heterocycles. The SMILES string of the molecule is O=C(O)C1CC2CCCCC2N1C(=O)CCN1CCCC1. The fourth-order valence-corrected chi connectivity index (χ4v) is 4.43. The monoisotopic (exact) mass is 294 g/mol. The molecule has 21 heavy (non-hydrogen) atoms. The molecule has 2 heterocycles. The van der Waals surface area contributed by atoms with Gasteiger partial charge in [-0.1, -0.05) is 12.8 Å². The summed E-state index contributed by atoms with van der Waals surface area (Å²) in [6.45, 7) is 2.96. The zero-order chi connectivity index (χ0) is 14.8. The average molecular weight is 294 g/mol. The van der Waals surface area contributed by atoms with Crippen molar-refractivity contribution in [1.82, 2.24) is 9.80 Å². The van der Waals surface area contributed by atoms with Crippen molar-refractivity contribution < 1.29 is 14.7 Å². The Morgan fingerprint density at radius 1 is 1.05 bits per heavy atom. The first-order valence-corrected chi connectivity index (χ1v) is 8.43. The summed E-state index contributed by atoms with van der Waals surface area (Å²) in [6, 6.07) is -0.393. The van der Waals surface area contributed by atoms with Gasteiger partial charge in [0.25, 0.3) is 0 Å². The zero-order valence-corrected chi connectivity index (χ0v) is 12.7. The molecule has 0 aromatic carbocycles. The van der Waals surface area contributed by atoms with E-state index in [1.165, 1.54) is 19.3 Å². The van der Waals surface area contributed by atoms with Gasteiger partial charge in [-0.3, -0.25) is 4.79 Å². The number of nitrogens with zero attached hydrogens (tertiary/aromatic N) is 2. The van der Waals surface area contributed by atoms with Crippen molar-refractivity contribution in [3.63, 3.8) is 0 Å². The normalized spacial score (nSPS) is 33.1. The van der Waals surface area contributed by atoms with E-state index in [0.29, 0.717) is 18.8 Å². The van der Waals surface area contributed by atoms with Gasteiger partial charge >= 0.3 is 5.97 Å². The largest absolute Gasteiger partial charge is 0.480 e. The third-order valence-corrected chi connectivity index (χ3v) is 5.50. The first kappa shape index (κ1) is 14.8. The molecule has 118 valence electrons. The van der Waals surface area contributed by atoms with E-state index < -0.39 is 12.0 Å². The number of rotatable bonds is 4. The summed E-state index contributed by atoms with van der Waals surface area (Å²) in [5.74, 6) is -0.349. The third kappa shape index (κ3) is 3.07. The zero-order valence-electron chi connectivity index (χ0n) is 12.7. The number of carboxylic acid groups (broad SMARTS) is 1. The van der Waals surface area contributed by atoms with Crippen molar-refractivity contribution in [3.05, 3.63) is 0 Å². The summed E-state index contributed by atoms with van der Waals surface area (Å²) in [5, 5.41) is 9.46. The van der Waals surface area contributed by atoms with Crippen LogP contribution in [0.2, 0.25) is 0 Å². The summed E-state index contributed by atoms with van der Waals surface area (Å²) in [7, 11) is 0. The molecular weight excluding hydrogens is 268 g/mol. The fourth-order valence-electron chi connectivity index (χ4n) is 4.43. The second-order valence-electron chi connectivity index (χ2n) is 6.80. The molecule has 1 amide bonds. The van der Waals surface area contributed by atoms with Gasteiger partial charge in [0.05, 0.1) is 0 Å². The Labute approximate surface area is 126 Å². The van der Waals surface area contributed by atoms with Crippen LogP contribution in [0.4, 0.5) is 0 Å². The van der Waals surface area contributed by atoms with Gasteiger partial charge in [-0.05, 0) is 51.1 Å². The predicted molar refractivity (Wildman–Crippen MR) is 78.9 cm³/mol. The number of carbonyl (C=O) groups is 2. The molecule has 0 radical (unpaired) electrons. The van der Waals surface area contributed by atoms with Crippen molar-refractivity contribution in [2.75, 3.05) is 19.6 Å². The lowest BCUT2D eigenvalue weighted by atomic mass is 9.84. The summed E-state index contributed by atoms with van der Waals surface area (Å²) >= 11 is 0. The van der Waals surface area contributed by atoms with Gasteiger partial charge in [0, 0.05) is 19.0 Å². The van der Waals surface area contributed by atoms with Crippen LogP contribution >= 0.6 is 0 Å². The molecule has 1 N–H and O–H groups in total. The van der Waals surface area contributed by atoms with Crippen molar-refractivity contribution in [1.29, 1.82) is 0 Å². The number of fused-ring (bicyclic) bond motifs is 1. The second kappa shape index (κ2) is 6.34. The number of aliphatic carboxylic acids is 1. The van der Waals surface area contributed by atoms with Crippen LogP contribution in [0.5, 0.6) is 0 Å². The van der Waals surface area contributed by atoms with Gasteiger partial charge in [-0.15, -0.1) is 0 Å². The Kier molecular flexibility index (Phi) is 4.48. The smallest absolute Gasteiger partial charge is 0.326 e. The molecule has 3 fully saturated rings. The summed E-state index contributed by atoms with van der Waals surface area (Å²) in [4.78, 5) is 28.2. The van der Waals surface area contributed by atoms with E-state index in [1.807, 2.05) is 0 Å². The van der Waals surface area contributed by atoms with E-state index >= 15 is 0 Å². The molecule has 2 aliphatic heterocycles. The molecular formula is C16H26N2O3. The quantitative estimate of drug-likeness (QED) is 0.857. The van der Waals surface area contributed by atoms with Gasteiger partial charge in [-0.25, -0.2) is 4.79 Å². The molecule has 0 bridgehead atoms. The highest BCUT2D eigenvalue weighted by atomic mass is 16.4. The van der Waals surface area contributed by atoms with Gasteiger partial charge in [-0.2, -0.15) is 0 Å². The summed E-state index contributed by atoms with van der Waals surface area (Å²) < 4.78 is 0. The van der Waals surface area contributed by atoms with Gasteiger partial charge in [0.2, 0.25) is 5.91 Å². The Hall–Kier alpha value is -1.10. The lowest BCUT2D eigenvalue weighted by molar-refractivity contribution is -0.150. The molecule has 3 rings (SSSR count). The second-order valence-corrected chi connectivity index (χ2v) is 6.80. The predicted octanol–water partition coefficient (Wildman–Crippen LogP) is 1.72. The number of hydrogen-bond acceptors (Lipinski definition) is 3. The van der Waals surface area contributed by atoms with E-state index in [1.54, 1.807) is 4.90 Å². The number of carbonyl (C=O) groups excluding carboxylic acids is 1. The highest BCUT2D eigenvalue weighted by Crippen LogP contribution is 2.40. The van der Waals surface area contributed by atoms with E-state index in [-0.39, 0.29) is 11.9 Å². The van der Waals surface area contributed by atoms with Crippen LogP contribution in [0.15, 0.2) is 0 Å². The lowest BCUT2D eigenvalue weighted by Crippen LogP contribution is -2.47. The molecule has 3 aliphatic rings. The molecule has 1 aliphatic carbocycles. The van der Waals surface area contributed by atoms with Gasteiger partial charge in [0.1, 0.15) is 6.04 Å². The molecule has 1 saturated carbocycles. The Morgan fingerprint density at radius 3 is 2.48 bits per heavy atom. The Morgan fingerprint density at radius 2 is 1.76 bits per heavy atom. The van der Waals surface area contributed by atoms with Crippen molar-refractivity contribution in [3.8, 4) is 0 Å². The minimum Gasteiger partial charge on any atom is -0.480 e. The first-order chi connectivity index (χ1) is 10.2. The highest BCUT2D eigenvalue weighted by molar-refractivity contribution is 5.85. The van der Waals surface area contributed by atoms with Crippen LogP contribution in [-0.4, -0.2) is 58.5 Å². The van der Waals surface area contributed by atoms with Crippen LogP contribution in [0.1, 0.15) is 51.4 Å². The number of carboxylic acids is 1. The number of likely N-dealkylation sites (tertiary alicyclic amines) is 2. The summed E-state index contributed by atoms with van der Waals surface area (Å²) in [6.07, 6.45) is 7.98. The Bertz CT molecular complexity index is 406. The van der Waals surface area contributed by atoms with Crippen LogP contribution in [-0.2, 0) is 9.59 Å². The molecule has 0 aromatic heterocycles. The molecule has 0 spiro atoms. The van der Waals surface area contributed by atoms with Crippen molar-refractivity contribution in [2.45, 2.75) is 63.5 Å². The highest BCUT2D eigenvalue weighted by Gasteiger charge is 2.47. The maximum atomic E-state index is 12.6. The lowest BCUT2D eigenvalue weighted by Gasteiger charge is -2.33. The maximum absolute atomic E-state index is 12.6. The van der Waals surface area contributed by atoms with Crippen LogP contribution < -0.4 is 0 Å². The van der Waals surface area contributed by atoms with Crippen LogP contribution in [0.25, 0.3) is 0 Å². The molecule has 3 atom stereocenters. The maximum Gasteiger partial charge on any atom is 0.326 e. The molecule has 3 unspecified atom stereocenters. The first-order valence-electron chi connectivity index (χ1n) is 8.43. The molecule has 5 nitrogen and oxygen atoms in total. The van der Waals surface area contributed by atoms with Crippen molar-refractivity contribution in [2.24, 2.45) is 5.92 Å². The topological polar surface area (TPSA) is 60.9 Å². The van der Waals surface area contributed by atoms with Gasteiger partial charge < -0.3 is 14.9 Å². The number of hydrogen-bond donors (Lipinski definition) is 1. The average Bonchev–Trinajstić information content (AvgIpc) is 3.11. The van der Waals surface area contributed by atoms with E-state index in [0.717, 1.165) is 38.9 Å². The standard InChI is InChI=1S/C16H26N2O3/c19-15(7-10-17-8-3-4-9-17)18-13-6-2-1-5-12(13)11-14(18)16(20)21/h12-14H,1-11H2,(H,20,21). The van der Waals surface area contributed by atoms with E-state index in [4.69, 9.17) is 0 Å². The minimum absolute atomic E-state index is 0.0590. The van der Waals surface area contributed by atoms with E-state index in [2.05, 4.69) is 4.90 Å². The minimum atomic E-state index is -0.820. The Balaban J connectivity index is 1.64. The fraction of sp³-hybridized carbons (Fsp3) is 0.875. The molecule has 5 heteroatoms. The summed E-state index contributed by atoms with van der Waals surface area (Å²) in [5.41, 5.74) is 0. The van der Waals surface area contributed by atoms with Crippen LogP contribution in [0, 0.1) is 5.92 Å². The van der Waals surface area contributed by atoms with E-state index in [9.17, 15) is 14.7 Å². The number of amides is 1. The van der Waals surface area contributed by atoms with Gasteiger partial charge in [0.15, 0.2) is 0 Å².